The Hall–Kier alpha value is -2.99. The molecule has 1 N–H and O–H groups in total. The minimum Gasteiger partial charge on any atom is -0.493 e. The number of aromatic nitrogens is 2. The van der Waals surface area contributed by atoms with Gasteiger partial charge >= 0.3 is 0 Å². The summed E-state index contributed by atoms with van der Waals surface area (Å²) in [6, 6.07) is 11.3. The first kappa shape index (κ1) is 18.8. The summed E-state index contributed by atoms with van der Waals surface area (Å²) in [5, 5.41) is 3.93. The first-order valence-electron chi connectivity index (χ1n) is 8.26. The lowest BCUT2D eigenvalue weighted by molar-refractivity contribution is 0.324. The average Bonchev–Trinajstić information content (AvgIpc) is 2.72. The molecular weight excluding hydrogens is 366 g/mol. The molecular formula is C20H20ClN3O3. The Bertz CT molecular complexity index is 909. The number of ether oxygens (including phenoxy) is 3. The summed E-state index contributed by atoms with van der Waals surface area (Å²) >= 11 is 6.32. The van der Waals surface area contributed by atoms with E-state index in [4.69, 9.17) is 25.8 Å². The molecule has 0 bridgehead atoms. The number of nitrogens with one attached hydrogen (secondary N) is 1. The van der Waals surface area contributed by atoms with Crippen molar-refractivity contribution in [2.45, 2.75) is 6.54 Å². The normalized spacial score (nSPS) is 10.4. The molecule has 27 heavy (non-hydrogen) atoms. The van der Waals surface area contributed by atoms with Crippen molar-refractivity contribution in [3.8, 4) is 28.5 Å². The topological polar surface area (TPSA) is 65.5 Å². The van der Waals surface area contributed by atoms with Crippen molar-refractivity contribution >= 4 is 17.4 Å². The SMILES string of the molecule is COc1cc(CNc2nccnc2-c2ccccc2Cl)cc(OC)c1OC. The lowest BCUT2D eigenvalue weighted by atomic mass is 10.1. The zero-order chi connectivity index (χ0) is 19.2. The maximum Gasteiger partial charge on any atom is 0.203 e. The van der Waals surface area contributed by atoms with Crippen LogP contribution in [0, 0.1) is 0 Å². The second-order valence-electron chi connectivity index (χ2n) is 5.62. The zero-order valence-electron chi connectivity index (χ0n) is 15.3. The molecule has 0 aliphatic rings. The molecule has 0 saturated carbocycles. The van der Waals surface area contributed by atoms with E-state index in [0.29, 0.717) is 40.3 Å². The van der Waals surface area contributed by atoms with Crippen molar-refractivity contribution in [1.29, 1.82) is 0 Å². The molecule has 7 heteroatoms. The second-order valence-corrected chi connectivity index (χ2v) is 6.03. The summed E-state index contributed by atoms with van der Waals surface area (Å²) in [6.45, 7) is 0.493. The van der Waals surface area contributed by atoms with Crippen LogP contribution in [0.25, 0.3) is 11.3 Å². The number of anilines is 1. The monoisotopic (exact) mass is 385 g/mol. The molecule has 0 aliphatic heterocycles. The number of nitrogens with zero attached hydrogens (tertiary/aromatic N) is 2. The van der Waals surface area contributed by atoms with Gasteiger partial charge in [0, 0.05) is 24.5 Å². The van der Waals surface area contributed by atoms with Crippen molar-refractivity contribution in [2.75, 3.05) is 26.6 Å². The Morgan fingerprint density at radius 2 is 1.59 bits per heavy atom. The van der Waals surface area contributed by atoms with Crippen LogP contribution in [0.4, 0.5) is 5.82 Å². The number of hydrogen-bond acceptors (Lipinski definition) is 6. The standard InChI is InChI=1S/C20H20ClN3O3/c1-25-16-10-13(11-17(26-2)19(16)27-3)12-24-20-18(22-8-9-23-20)14-6-4-5-7-15(14)21/h4-11H,12H2,1-3H3,(H,23,24). The summed E-state index contributed by atoms with van der Waals surface area (Å²) < 4.78 is 16.2. The molecule has 0 aliphatic carbocycles. The third kappa shape index (κ3) is 4.06. The molecule has 1 heterocycles. The van der Waals surface area contributed by atoms with Crippen LogP contribution < -0.4 is 19.5 Å². The van der Waals surface area contributed by atoms with Gasteiger partial charge in [-0.1, -0.05) is 29.8 Å². The molecule has 0 spiro atoms. The van der Waals surface area contributed by atoms with Crippen LogP contribution in [-0.2, 0) is 6.54 Å². The van der Waals surface area contributed by atoms with Crippen molar-refractivity contribution in [3.05, 3.63) is 59.4 Å². The van der Waals surface area contributed by atoms with Crippen LogP contribution in [0.2, 0.25) is 5.02 Å². The highest BCUT2D eigenvalue weighted by atomic mass is 35.5. The van der Waals surface area contributed by atoms with Crippen LogP contribution >= 0.6 is 11.6 Å². The Labute approximate surface area is 163 Å². The molecule has 0 saturated heterocycles. The molecule has 0 atom stereocenters. The molecule has 6 nitrogen and oxygen atoms in total. The fraction of sp³-hybridized carbons (Fsp3) is 0.200. The molecule has 0 radical (unpaired) electrons. The fourth-order valence-electron chi connectivity index (χ4n) is 2.74. The Kier molecular flexibility index (Phi) is 5.98. The highest BCUT2D eigenvalue weighted by Crippen LogP contribution is 2.38. The molecule has 1 aromatic heterocycles. The average molecular weight is 386 g/mol. The van der Waals surface area contributed by atoms with Crippen LogP contribution in [0.5, 0.6) is 17.2 Å². The summed E-state index contributed by atoms with van der Waals surface area (Å²) in [6.07, 6.45) is 3.28. The van der Waals surface area contributed by atoms with E-state index in [1.807, 2.05) is 36.4 Å². The van der Waals surface area contributed by atoms with Crippen molar-refractivity contribution in [2.24, 2.45) is 0 Å². The van der Waals surface area contributed by atoms with Crippen LogP contribution in [0.3, 0.4) is 0 Å². The number of methoxy groups -OCH3 is 3. The molecule has 0 unspecified atom stereocenters. The van der Waals surface area contributed by atoms with E-state index in [-0.39, 0.29) is 0 Å². The minimum absolute atomic E-state index is 0.493. The van der Waals surface area contributed by atoms with Crippen LogP contribution in [0.1, 0.15) is 5.56 Å². The molecule has 0 amide bonds. The van der Waals surface area contributed by atoms with E-state index in [2.05, 4.69) is 15.3 Å². The van der Waals surface area contributed by atoms with E-state index in [1.165, 1.54) is 0 Å². The molecule has 3 aromatic rings. The van der Waals surface area contributed by atoms with Gasteiger partial charge in [0.15, 0.2) is 17.3 Å². The number of benzene rings is 2. The minimum atomic E-state index is 0.493. The van der Waals surface area contributed by atoms with Crippen LogP contribution in [-0.4, -0.2) is 31.3 Å². The molecule has 0 fully saturated rings. The Morgan fingerprint density at radius 3 is 2.22 bits per heavy atom. The van der Waals surface area contributed by atoms with Gasteiger partial charge in [0.2, 0.25) is 5.75 Å². The summed E-state index contributed by atoms with van der Waals surface area (Å²) in [7, 11) is 4.76. The van der Waals surface area contributed by atoms with Gasteiger partial charge in [0.1, 0.15) is 5.69 Å². The summed E-state index contributed by atoms with van der Waals surface area (Å²) in [5.41, 5.74) is 2.45. The molecule has 140 valence electrons. The quantitative estimate of drug-likeness (QED) is 0.648. The maximum atomic E-state index is 6.32. The van der Waals surface area contributed by atoms with E-state index in [0.717, 1.165) is 11.1 Å². The number of halogens is 1. The first-order chi connectivity index (χ1) is 13.2. The first-order valence-corrected chi connectivity index (χ1v) is 8.64. The van der Waals surface area contributed by atoms with Gasteiger partial charge in [0.25, 0.3) is 0 Å². The number of hydrogen-bond donors (Lipinski definition) is 1. The molecule has 3 rings (SSSR count). The van der Waals surface area contributed by atoms with Crippen molar-refractivity contribution in [3.63, 3.8) is 0 Å². The predicted octanol–water partition coefficient (Wildman–Crippen LogP) is 4.43. The smallest absolute Gasteiger partial charge is 0.203 e. The number of rotatable bonds is 7. The third-order valence-corrected chi connectivity index (χ3v) is 4.34. The van der Waals surface area contributed by atoms with Gasteiger partial charge in [0.05, 0.1) is 26.4 Å². The van der Waals surface area contributed by atoms with Crippen molar-refractivity contribution in [1.82, 2.24) is 9.97 Å². The van der Waals surface area contributed by atoms with Gasteiger partial charge in [-0.3, -0.25) is 4.98 Å². The van der Waals surface area contributed by atoms with Crippen LogP contribution in [0.15, 0.2) is 48.8 Å². The van der Waals surface area contributed by atoms with Gasteiger partial charge in [-0.2, -0.15) is 0 Å². The van der Waals surface area contributed by atoms with Gasteiger partial charge in [-0.25, -0.2) is 4.98 Å². The second kappa shape index (κ2) is 8.60. The largest absolute Gasteiger partial charge is 0.493 e. The zero-order valence-corrected chi connectivity index (χ0v) is 16.1. The Balaban J connectivity index is 1.89. The fourth-order valence-corrected chi connectivity index (χ4v) is 2.97. The third-order valence-electron chi connectivity index (χ3n) is 4.01. The van der Waals surface area contributed by atoms with E-state index in [1.54, 1.807) is 33.7 Å². The lowest BCUT2D eigenvalue weighted by Crippen LogP contribution is -2.05. The Morgan fingerprint density at radius 1 is 0.926 bits per heavy atom. The highest BCUT2D eigenvalue weighted by Gasteiger charge is 2.14. The van der Waals surface area contributed by atoms with Gasteiger partial charge < -0.3 is 19.5 Å². The van der Waals surface area contributed by atoms with E-state index in [9.17, 15) is 0 Å². The van der Waals surface area contributed by atoms with Gasteiger partial charge in [-0.05, 0) is 23.8 Å². The molecule has 2 aromatic carbocycles. The van der Waals surface area contributed by atoms with E-state index < -0.39 is 0 Å². The summed E-state index contributed by atoms with van der Waals surface area (Å²) in [5.74, 6) is 2.39. The lowest BCUT2D eigenvalue weighted by Gasteiger charge is -2.15. The highest BCUT2D eigenvalue weighted by molar-refractivity contribution is 6.33. The summed E-state index contributed by atoms with van der Waals surface area (Å²) in [4.78, 5) is 8.85. The predicted molar refractivity (Wildman–Crippen MR) is 106 cm³/mol. The van der Waals surface area contributed by atoms with E-state index >= 15 is 0 Å². The van der Waals surface area contributed by atoms with Gasteiger partial charge in [-0.15, -0.1) is 0 Å². The van der Waals surface area contributed by atoms with Crippen molar-refractivity contribution < 1.29 is 14.2 Å². The maximum absolute atomic E-state index is 6.32.